The van der Waals surface area contributed by atoms with Gasteiger partial charge in [-0.1, -0.05) is 0 Å². The fourth-order valence-corrected chi connectivity index (χ4v) is 2.37. The molecule has 1 atom stereocenters. The van der Waals surface area contributed by atoms with Crippen molar-refractivity contribution >= 4 is 22.6 Å². The third-order valence-electron chi connectivity index (χ3n) is 3.53. The van der Waals surface area contributed by atoms with Crippen LogP contribution in [0.2, 0.25) is 0 Å². The minimum absolute atomic E-state index is 0.0728. The number of fused-ring (bicyclic) bond motifs is 1. The number of nitrogens with zero attached hydrogens (tertiary/aromatic N) is 3. The van der Waals surface area contributed by atoms with Crippen LogP contribution < -0.4 is 10.6 Å². The summed E-state index contributed by atoms with van der Waals surface area (Å²) in [4.78, 5) is 22.6. The van der Waals surface area contributed by atoms with Crippen LogP contribution in [0.15, 0.2) is 18.2 Å². The molecular formula is C14H16N4O. The van der Waals surface area contributed by atoms with E-state index in [0.29, 0.717) is 13.0 Å². The number of carbonyl (C=O) groups excluding carboxylic acids is 1. The van der Waals surface area contributed by atoms with Gasteiger partial charge < -0.3 is 10.6 Å². The zero-order valence-corrected chi connectivity index (χ0v) is 11.1. The standard InChI is InChI=1S/C14H16N4O/c1-8-9(2)17-13-6-11(3-4-12(13)16-8)18-7-10(15)5-14(18)19/h3-4,6,10H,5,7,15H2,1-2H3. The fourth-order valence-electron chi connectivity index (χ4n) is 2.37. The number of amides is 1. The van der Waals surface area contributed by atoms with Crippen LogP contribution in [0, 0.1) is 13.8 Å². The third kappa shape index (κ3) is 2.06. The molecule has 19 heavy (non-hydrogen) atoms. The van der Waals surface area contributed by atoms with Crippen LogP contribution in [-0.4, -0.2) is 28.5 Å². The highest BCUT2D eigenvalue weighted by molar-refractivity contribution is 5.97. The molecule has 1 amide bonds. The van der Waals surface area contributed by atoms with Crippen LogP contribution in [0.5, 0.6) is 0 Å². The van der Waals surface area contributed by atoms with Crippen molar-refractivity contribution < 1.29 is 4.79 Å². The number of anilines is 1. The van der Waals surface area contributed by atoms with E-state index < -0.39 is 0 Å². The van der Waals surface area contributed by atoms with Gasteiger partial charge in [0, 0.05) is 24.7 Å². The van der Waals surface area contributed by atoms with Crippen LogP contribution in [0.3, 0.4) is 0 Å². The Labute approximate surface area is 111 Å². The van der Waals surface area contributed by atoms with Crippen molar-refractivity contribution in [2.75, 3.05) is 11.4 Å². The Morgan fingerprint density at radius 3 is 2.53 bits per heavy atom. The molecule has 5 nitrogen and oxygen atoms in total. The summed E-state index contributed by atoms with van der Waals surface area (Å²) in [7, 11) is 0. The van der Waals surface area contributed by atoms with E-state index in [1.54, 1.807) is 4.90 Å². The summed E-state index contributed by atoms with van der Waals surface area (Å²) in [5, 5.41) is 0. The number of aromatic nitrogens is 2. The zero-order chi connectivity index (χ0) is 13.6. The van der Waals surface area contributed by atoms with Gasteiger partial charge in [-0.15, -0.1) is 0 Å². The second kappa shape index (κ2) is 4.28. The first-order valence-electron chi connectivity index (χ1n) is 6.35. The summed E-state index contributed by atoms with van der Waals surface area (Å²) < 4.78 is 0. The minimum Gasteiger partial charge on any atom is -0.326 e. The second-order valence-electron chi connectivity index (χ2n) is 5.04. The molecule has 1 aliphatic heterocycles. The molecule has 1 aromatic heterocycles. The molecule has 1 unspecified atom stereocenters. The molecule has 1 saturated heterocycles. The number of hydrogen-bond acceptors (Lipinski definition) is 4. The number of hydrogen-bond donors (Lipinski definition) is 1. The zero-order valence-electron chi connectivity index (χ0n) is 11.1. The third-order valence-corrected chi connectivity index (χ3v) is 3.53. The van der Waals surface area contributed by atoms with Crippen molar-refractivity contribution in [1.82, 2.24) is 9.97 Å². The Morgan fingerprint density at radius 1 is 1.21 bits per heavy atom. The lowest BCUT2D eigenvalue weighted by atomic mass is 10.2. The molecule has 2 N–H and O–H groups in total. The first-order chi connectivity index (χ1) is 9.04. The van der Waals surface area contributed by atoms with Crippen LogP contribution in [0.25, 0.3) is 11.0 Å². The molecule has 98 valence electrons. The number of nitrogens with two attached hydrogens (primary N) is 1. The Kier molecular flexibility index (Phi) is 2.71. The lowest BCUT2D eigenvalue weighted by molar-refractivity contribution is -0.117. The molecule has 1 aliphatic rings. The maximum atomic E-state index is 11.9. The summed E-state index contributed by atoms with van der Waals surface area (Å²) >= 11 is 0. The normalized spacial score (nSPS) is 19.4. The predicted octanol–water partition coefficient (Wildman–Crippen LogP) is 1.31. The van der Waals surface area contributed by atoms with Gasteiger partial charge in [0.1, 0.15) is 0 Å². The highest BCUT2D eigenvalue weighted by atomic mass is 16.2. The van der Waals surface area contributed by atoms with E-state index in [-0.39, 0.29) is 11.9 Å². The Balaban J connectivity index is 2.07. The van der Waals surface area contributed by atoms with Gasteiger partial charge in [-0.05, 0) is 32.0 Å². The number of carbonyl (C=O) groups is 1. The van der Waals surface area contributed by atoms with Gasteiger partial charge in [0.05, 0.1) is 22.4 Å². The molecule has 1 fully saturated rings. The van der Waals surface area contributed by atoms with Crippen molar-refractivity contribution in [1.29, 1.82) is 0 Å². The van der Waals surface area contributed by atoms with Gasteiger partial charge in [-0.2, -0.15) is 0 Å². The first kappa shape index (κ1) is 12.0. The Hall–Kier alpha value is -2.01. The van der Waals surface area contributed by atoms with Crippen molar-refractivity contribution in [2.24, 2.45) is 5.73 Å². The summed E-state index contributed by atoms with van der Waals surface area (Å²) in [6.45, 7) is 4.45. The molecule has 2 aromatic rings. The number of benzene rings is 1. The van der Waals surface area contributed by atoms with E-state index in [9.17, 15) is 4.79 Å². The van der Waals surface area contributed by atoms with Crippen LogP contribution in [0.1, 0.15) is 17.8 Å². The van der Waals surface area contributed by atoms with Gasteiger partial charge >= 0.3 is 0 Å². The van der Waals surface area contributed by atoms with Gasteiger partial charge in [0.2, 0.25) is 5.91 Å². The average molecular weight is 256 g/mol. The van der Waals surface area contributed by atoms with Crippen molar-refractivity contribution in [2.45, 2.75) is 26.3 Å². The number of aryl methyl sites for hydroxylation is 2. The van der Waals surface area contributed by atoms with E-state index in [1.807, 2.05) is 32.0 Å². The summed E-state index contributed by atoms with van der Waals surface area (Å²) in [5.41, 5.74) is 10.2. The van der Waals surface area contributed by atoms with E-state index in [0.717, 1.165) is 28.1 Å². The molecule has 0 bridgehead atoms. The van der Waals surface area contributed by atoms with Crippen molar-refractivity contribution in [3.05, 3.63) is 29.6 Å². The topological polar surface area (TPSA) is 72.1 Å². The molecule has 3 rings (SSSR count). The Bertz CT molecular complexity index is 668. The van der Waals surface area contributed by atoms with E-state index in [1.165, 1.54) is 0 Å². The molecule has 0 aliphatic carbocycles. The maximum absolute atomic E-state index is 11.9. The smallest absolute Gasteiger partial charge is 0.228 e. The van der Waals surface area contributed by atoms with Crippen LogP contribution >= 0.6 is 0 Å². The summed E-state index contributed by atoms with van der Waals surface area (Å²) in [6.07, 6.45) is 0.413. The second-order valence-corrected chi connectivity index (χ2v) is 5.04. The largest absolute Gasteiger partial charge is 0.326 e. The van der Waals surface area contributed by atoms with E-state index >= 15 is 0 Å². The highest BCUT2D eigenvalue weighted by Gasteiger charge is 2.28. The van der Waals surface area contributed by atoms with Crippen LogP contribution in [-0.2, 0) is 4.79 Å². The molecule has 1 aromatic carbocycles. The fraction of sp³-hybridized carbons (Fsp3) is 0.357. The molecule has 2 heterocycles. The predicted molar refractivity (Wildman–Crippen MR) is 74.0 cm³/mol. The first-order valence-corrected chi connectivity index (χ1v) is 6.35. The van der Waals surface area contributed by atoms with Gasteiger partial charge in [0.25, 0.3) is 0 Å². The highest BCUT2D eigenvalue weighted by Crippen LogP contribution is 2.24. The van der Waals surface area contributed by atoms with Gasteiger partial charge in [-0.3, -0.25) is 4.79 Å². The Morgan fingerprint density at radius 2 is 1.89 bits per heavy atom. The molecule has 0 radical (unpaired) electrons. The molecule has 0 saturated carbocycles. The SMILES string of the molecule is Cc1nc2ccc(N3CC(N)CC3=O)cc2nc1C. The summed E-state index contributed by atoms with van der Waals surface area (Å²) in [5.74, 6) is 0.0728. The van der Waals surface area contributed by atoms with Crippen LogP contribution in [0.4, 0.5) is 5.69 Å². The monoisotopic (exact) mass is 256 g/mol. The van der Waals surface area contributed by atoms with Crippen molar-refractivity contribution in [3.8, 4) is 0 Å². The summed E-state index contributed by atoms with van der Waals surface area (Å²) in [6, 6.07) is 5.64. The minimum atomic E-state index is -0.0750. The van der Waals surface area contributed by atoms with Crippen molar-refractivity contribution in [3.63, 3.8) is 0 Å². The molecule has 0 spiro atoms. The maximum Gasteiger partial charge on any atom is 0.228 e. The van der Waals surface area contributed by atoms with E-state index in [2.05, 4.69) is 9.97 Å². The molecule has 5 heteroatoms. The quantitative estimate of drug-likeness (QED) is 0.835. The average Bonchev–Trinajstić information content (AvgIpc) is 2.69. The lowest BCUT2D eigenvalue weighted by Gasteiger charge is -2.16. The number of rotatable bonds is 1. The lowest BCUT2D eigenvalue weighted by Crippen LogP contribution is -2.27. The van der Waals surface area contributed by atoms with Gasteiger partial charge in [-0.25, -0.2) is 9.97 Å². The van der Waals surface area contributed by atoms with Gasteiger partial charge in [0.15, 0.2) is 0 Å². The molecular weight excluding hydrogens is 240 g/mol. The van der Waals surface area contributed by atoms with E-state index in [4.69, 9.17) is 5.73 Å².